The number of nitrogens with two attached hydrogens (primary N) is 1. The van der Waals surface area contributed by atoms with Crippen LogP contribution in [0.25, 0.3) is 0 Å². The second kappa shape index (κ2) is 7.27. The van der Waals surface area contributed by atoms with Crippen molar-refractivity contribution in [1.82, 2.24) is 4.90 Å². The van der Waals surface area contributed by atoms with Gasteiger partial charge in [0.05, 0.1) is 5.56 Å². The fourth-order valence-electron chi connectivity index (χ4n) is 2.34. The SMILES string of the molecule is Cc1ccc(C(=O)N2CCC(CN)CC2)c(Br)c1.Cl. The van der Waals surface area contributed by atoms with Crippen molar-refractivity contribution in [3.05, 3.63) is 33.8 Å². The van der Waals surface area contributed by atoms with Crippen molar-refractivity contribution in [2.24, 2.45) is 11.7 Å². The minimum atomic E-state index is 0. The van der Waals surface area contributed by atoms with Crippen LogP contribution in [0.5, 0.6) is 0 Å². The summed E-state index contributed by atoms with van der Waals surface area (Å²) in [6.07, 6.45) is 2.04. The maximum absolute atomic E-state index is 12.4. The third kappa shape index (κ3) is 3.94. The molecule has 2 rings (SSSR count). The number of carbonyl (C=O) groups is 1. The van der Waals surface area contributed by atoms with Gasteiger partial charge in [-0.15, -0.1) is 12.4 Å². The molecule has 1 aliphatic heterocycles. The van der Waals surface area contributed by atoms with Crippen molar-refractivity contribution in [3.8, 4) is 0 Å². The summed E-state index contributed by atoms with van der Waals surface area (Å²) in [5, 5.41) is 0. The number of halogens is 2. The number of benzene rings is 1. The van der Waals surface area contributed by atoms with E-state index in [9.17, 15) is 4.79 Å². The molecule has 1 aliphatic rings. The highest BCUT2D eigenvalue weighted by atomic mass is 79.9. The van der Waals surface area contributed by atoms with Gasteiger partial charge in [-0.1, -0.05) is 6.07 Å². The summed E-state index contributed by atoms with van der Waals surface area (Å²) in [7, 11) is 0. The van der Waals surface area contributed by atoms with Gasteiger partial charge in [0.2, 0.25) is 0 Å². The standard InChI is InChI=1S/C14H19BrN2O.ClH/c1-10-2-3-12(13(15)8-10)14(18)17-6-4-11(9-16)5-7-17;/h2-3,8,11H,4-7,9,16H2,1H3;1H. The molecule has 0 radical (unpaired) electrons. The molecule has 1 aromatic rings. The van der Waals surface area contributed by atoms with E-state index in [1.54, 1.807) is 0 Å². The highest BCUT2D eigenvalue weighted by Crippen LogP contribution is 2.23. The maximum Gasteiger partial charge on any atom is 0.254 e. The van der Waals surface area contributed by atoms with Gasteiger partial charge < -0.3 is 10.6 Å². The van der Waals surface area contributed by atoms with Crippen molar-refractivity contribution >= 4 is 34.2 Å². The van der Waals surface area contributed by atoms with E-state index in [4.69, 9.17) is 5.73 Å². The van der Waals surface area contributed by atoms with E-state index in [0.29, 0.717) is 5.92 Å². The third-order valence-corrected chi connectivity index (χ3v) is 4.25. The van der Waals surface area contributed by atoms with Gasteiger partial charge in [0, 0.05) is 17.6 Å². The highest BCUT2D eigenvalue weighted by molar-refractivity contribution is 9.10. The normalized spacial score (nSPS) is 16.1. The van der Waals surface area contributed by atoms with Crippen LogP contribution in [0.15, 0.2) is 22.7 Å². The zero-order valence-electron chi connectivity index (χ0n) is 11.1. The summed E-state index contributed by atoms with van der Waals surface area (Å²) < 4.78 is 0.883. The molecule has 106 valence electrons. The molecule has 0 spiro atoms. The Morgan fingerprint density at radius 1 is 1.42 bits per heavy atom. The first kappa shape index (κ1) is 16.5. The molecule has 1 heterocycles. The number of hydrogen-bond acceptors (Lipinski definition) is 2. The molecule has 0 aromatic heterocycles. The van der Waals surface area contributed by atoms with Crippen molar-refractivity contribution in [2.45, 2.75) is 19.8 Å². The van der Waals surface area contributed by atoms with Crippen LogP contribution < -0.4 is 5.73 Å². The molecule has 0 atom stereocenters. The lowest BCUT2D eigenvalue weighted by Crippen LogP contribution is -2.40. The summed E-state index contributed by atoms with van der Waals surface area (Å²) in [6.45, 7) is 4.39. The Morgan fingerprint density at radius 2 is 2.05 bits per heavy atom. The fourth-order valence-corrected chi connectivity index (χ4v) is 3.00. The number of carbonyl (C=O) groups excluding carboxylic acids is 1. The molecule has 5 heteroatoms. The van der Waals surface area contributed by atoms with Crippen LogP contribution in [0.4, 0.5) is 0 Å². The average molecular weight is 348 g/mol. The molecular formula is C14H20BrClN2O. The smallest absolute Gasteiger partial charge is 0.254 e. The van der Waals surface area contributed by atoms with Gasteiger partial charge in [0.25, 0.3) is 5.91 Å². The van der Waals surface area contributed by atoms with Gasteiger partial charge in [0.1, 0.15) is 0 Å². The Hall–Kier alpha value is -0.580. The van der Waals surface area contributed by atoms with Gasteiger partial charge in [0.15, 0.2) is 0 Å². The number of amides is 1. The fraction of sp³-hybridized carbons (Fsp3) is 0.500. The van der Waals surface area contributed by atoms with Gasteiger partial charge in [-0.05, 0) is 65.9 Å². The first-order chi connectivity index (χ1) is 8.61. The van der Waals surface area contributed by atoms with Crippen molar-refractivity contribution < 1.29 is 4.79 Å². The van der Waals surface area contributed by atoms with Crippen LogP contribution in [0, 0.1) is 12.8 Å². The number of rotatable bonds is 2. The minimum absolute atomic E-state index is 0. The van der Waals surface area contributed by atoms with Crippen LogP contribution in [-0.4, -0.2) is 30.4 Å². The molecule has 3 nitrogen and oxygen atoms in total. The van der Waals surface area contributed by atoms with E-state index >= 15 is 0 Å². The first-order valence-electron chi connectivity index (χ1n) is 6.37. The Morgan fingerprint density at radius 3 is 2.58 bits per heavy atom. The van der Waals surface area contributed by atoms with Crippen molar-refractivity contribution in [2.75, 3.05) is 19.6 Å². The second-order valence-corrected chi connectivity index (χ2v) is 5.81. The zero-order chi connectivity index (χ0) is 13.1. The molecule has 1 fully saturated rings. The van der Waals surface area contributed by atoms with E-state index < -0.39 is 0 Å². The Bertz CT molecular complexity index is 445. The van der Waals surface area contributed by atoms with Crippen LogP contribution >= 0.6 is 28.3 Å². The van der Waals surface area contributed by atoms with Gasteiger partial charge >= 0.3 is 0 Å². The molecule has 0 saturated carbocycles. The molecule has 0 bridgehead atoms. The van der Waals surface area contributed by atoms with E-state index in [2.05, 4.69) is 15.9 Å². The Balaban J connectivity index is 0.00000180. The lowest BCUT2D eigenvalue weighted by Gasteiger charge is -2.31. The van der Waals surface area contributed by atoms with Gasteiger partial charge in [-0.3, -0.25) is 4.79 Å². The van der Waals surface area contributed by atoms with E-state index in [0.717, 1.165) is 48.1 Å². The molecule has 0 aliphatic carbocycles. The Kier molecular flexibility index (Phi) is 6.30. The van der Waals surface area contributed by atoms with E-state index in [1.165, 1.54) is 0 Å². The Labute approximate surface area is 129 Å². The van der Waals surface area contributed by atoms with Crippen molar-refractivity contribution in [1.29, 1.82) is 0 Å². The van der Waals surface area contributed by atoms with E-state index in [1.807, 2.05) is 30.0 Å². The number of nitrogens with zero attached hydrogens (tertiary/aromatic N) is 1. The monoisotopic (exact) mass is 346 g/mol. The van der Waals surface area contributed by atoms with Crippen molar-refractivity contribution in [3.63, 3.8) is 0 Å². The molecule has 1 saturated heterocycles. The summed E-state index contributed by atoms with van der Waals surface area (Å²) in [5.41, 5.74) is 7.58. The predicted molar refractivity (Wildman–Crippen MR) is 83.8 cm³/mol. The largest absolute Gasteiger partial charge is 0.339 e. The number of hydrogen-bond donors (Lipinski definition) is 1. The molecule has 1 aromatic carbocycles. The second-order valence-electron chi connectivity index (χ2n) is 4.95. The molecule has 2 N–H and O–H groups in total. The zero-order valence-corrected chi connectivity index (χ0v) is 13.5. The topological polar surface area (TPSA) is 46.3 Å². The third-order valence-electron chi connectivity index (χ3n) is 3.59. The van der Waals surface area contributed by atoms with Crippen LogP contribution in [0.3, 0.4) is 0 Å². The van der Waals surface area contributed by atoms with Crippen LogP contribution in [0.1, 0.15) is 28.8 Å². The predicted octanol–water partition coefficient (Wildman–Crippen LogP) is 2.99. The van der Waals surface area contributed by atoms with E-state index in [-0.39, 0.29) is 18.3 Å². The van der Waals surface area contributed by atoms with Crippen LogP contribution in [0.2, 0.25) is 0 Å². The lowest BCUT2D eigenvalue weighted by molar-refractivity contribution is 0.0692. The number of likely N-dealkylation sites (tertiary alicyclic amines) is 1. The summed E-state index contributed by atoms with van der Waals surface area (Å²) in [4.78, 5) is 14.3. The van der Waals surface area contributed by atoms with Crippen LogP contribution in [-0.2, 0) is 0 Å². The first-order valence-corrected chi connectivity index (χ1v) is 7.16. The number of aryl methyl sites for hydroxylation is 1. The maximum atomic E-state index is 12.4. The molecule has 0 unspecified atom stereocenters. The highest BCUT2D eigenvalue weighted by Gasteiger charge is 2.23. The van der Waals surface area contributed by atoms with Gasteiger partial charge in [-0.2, -0.15) is 0 Å². The summed E-state index contributed by atoms with van der Waals surface area (Å²) in [6, 6.07) is 5.86. The summed E-state index contributed by atoms with van der Waals surface area (Å²) in [5.74, 6) is 0.702. The molecular weight excluding hydrogens is 328 g/mol. The quantitative estimate of drug-likeness (QED) is 0.894. The number of piperidine rings is 1. The van der Waals surface area contributed by atoms with Gasteiger partial charge in [-0.25, -0.2) is 0 Å². The lowest BCUT2D eigenvalue weighted by atomic mass is 9.96. The summed E-state index contributed by atoms with van der Waals surface area (Å²) >= 11 is 3.47. The molecule has 1 amide bonds. The molecule has 19 heavy (non-hydrogen) atoms. The minimum Gasteiger partial charge on any atom is -0.339 e. The average Bonchev–Trinajstić information content (AvgIpc) is 2.38.